The molecule has 0 bridgehead atoms. The SMILES string of the molecule is COc1cccc(-n2cc(CCN)cn2)c1. The zero-order chi connectivity index (χ0) is 11.4. The Morgan fingerprint density at radius 3 is 3.06 bits per heavy atom. The molecule has 0 unspecified atom stereocenters. The number of hydrogen-bond acceptors (Lipinski definition) is 3. The molecule has 1 aromatic heterocycles. The van der Waals surface area contributed by atoms with Crippen molar-refractivity contribution in [2.24, 2.45) is 5.73 Å². The first-order chi connectivity index (χ1) is 7.83. The Bertz CT molecular complexity index is 465. The van der Waals surface area contributed by atoms with Crippen LogP contribution in [0.15, 0.2) is 36.7 Å². The fourth-order valence-electron chi connectivity index (χ4n) is 1.55. The lowest BCUT2D eigenvalue weighted by molar-refractivity contribution is 0.414. The van der Waals surface area contributed by atoms with Gasteiger partial charge in [-0.1, -0.05) is 6.07 Å². The number of aromatic nitrogens is 2. The normalized spacial score (nSPS) is 10.4. The van der Waals surface area contributed by atoms with Crippen molar-refractivity contribution in [1.82, 2.24) is 9.78 Å². The summed E-state index contributed by atoms with van der Waals surface area (Å²) in [4.78, 5) is 0. The lowest BCUT2D eigenvalue weighted by Crippen LogP contribution is -2.01. The van der Waals surface area contributed by atoms with Crippen molar-refractivity contribution in [2.45, 2.75) is 6.42 Å². The molecule has 4 heteroatoms. The predicted octanol–water partition coefficient (Wildman–Crippen LogP) is 1.38. The second-order valence-corrected chi connectivity index (χ2v) is 3.53. The highest BCUT2D eigenvalue weighted by Crippen LogP contribution is 2.16. The second-order valence-electron chi connectivity index (χ2n) is 3.53. The molecule has 0 aliphatic carbocycles. The summed E-state index contributed by atoms with van der Waals surface area (Å²) in [6.07, 6.45) is 4.68. The van der Waals surface area contributed by atoms with Crippen LogP contribution in [0.4, 0.5) is 0 Å². The molecule has 1 heterocycles. The molecule has 4 nitrogen and oxygen atoms in total. The van der Waals surface area contributed by atoms with Gasteiger partial charge in [-0.05, 0) is 30.7 Å². The van der Waals surface area contributed by atoms with Crippen molar-refractivity contribution >= 4 is 0 Å². The van der Waals surface area contributed by atoms with Gasteiger partial charge in [0.2, 0.25) is 0 Å². The molecule has 2 aromatic rings. The molecular weight excluding hydrogens is 202 g/mol. The van der Waals surface area contributed by atoms with Crippen LogP contribution in [0.3, 0.4) is 0 Å². The molecule has 1 aromatic carbocycles. The molecule has 84 valence electrons. The van der Waals surface area contributed by atoms with E-state index in [4.69, 9.17) is 10.5 Å². The molecule has 0 atom stereocenters. The van der Waals surface area contributed by atoms with E-state index < -0.39 is 0 Å². The lowest BCUT2D eigenvalue weighted by Gasteiger charge is -2.03. The maximum absolute atomic E-state index is 5.50. The van der Waals surface area contributed by atoms with Crippen molar-refractivity contribution in [3.63, 3.8) is 0 Å². The smallest absolute Gasteiger partial charge is 0.121 e. The van der Waals surface area contributed by atoms with E-state index in [-0.39, 0.29) is 0 Å². The van der Waals surface area contributed by atoms with Crippen LogP contribution in [-0.4, -0.2) is 23.4 Å². The van der Waals surface area contributed by atoms with E-state index in [1.807, 2.05) is 41.3 Å². The van der Waals surface area contributed by atoms with Gasteiger partial charge in [-0.3, -0.25) is 0 Å². The van der Waals surface area contributed by atoms with Gasteiger partial charge in [0.15, 0.2) is 0 Å². The van der Waals surface area contributed by atoms with Crippen molar-refractivity contribution in [3.05, 3.63) is 42.2 Å². The van der Waals surface area contributed by atoms with E-state index in [9.17, 15) is 0 Å². The van der Waals surface area contributed by atoms with Gasteiger partial charge in [0.05, 0.1) is 19.0 Å². The minimum Gasteiger partial charge on any atom is -0.497 e. The van der Waals surface area contributed by atoms with Crippen molar-refractivity contribution in [3.8, 4) is 11.4 Å². The topological polar surface area (TPSA) is 53.1 Å². The van der Waals surface area contributed by atoms with E-state index in [1.54, 1.807) is 7.11 Å². The molecule has 0 fully saturated rings. The van der Waals surface area contributed by atoms with E-state index in [0.29, 0.717) is 6.54 Å². The molecule has 0 radical (unpaired) electrons. The van der Waals surface area contributed by atoms with Crippen LogP contribution in [0.25, 0.3) is 5.69 Å². The molecule has 0 aliphatic rings. The van der Waals surface area contributed by atoms with Crippen molar-refractivity contribution in [1.29, 1.82) is 0 Å². The van der Waals surface area contributed by atoms with E-state index in [2.05, 4.69) is 5.10 Å². The highest BCUT2D eigenvalue weighted by molar-refractivity contribution is 5.38. The molecular formula is C12H15N3O. The van der Waals surface area contributed by atoms with Gasteiger partial charge in [0, 0.05) is 12.3 Å². The monoisotopic (exact) mass is 217 g/mol. The molecule has 0 saturated heterocycles. The summed E-state index contributed by atoms with van der Waals surface area (Å²) in [6, 6.07) is 7.78. The predicted molar refractivity (Wildman–Crippen MR) is 62.9 cm³/mol. The van der Waals surface area contributed by atoms with Crippen LogP contribution in [0.2, 0.25) is 0 Å². The van der Waals surface area contributed by atoms with Crippen LogP contribution in [0.1, 0.15) is 5.56 Å². The van der Waals surface area contributed by atoms with E-state index in [1.165, 1.54) is 0 Å². The summed E-state index contributed by atoms with van der Waals surface area (Å²) in [5.41, 5.74) is 7.63. The number of nitrogens with two attached hydrogens (primary N) is 1. The second kappa shape index (κ2) is 4.81. The molecule has 0 aliphatic heterocycles. The maximum atomic E-state index is 5.50. The fourth-order valence-corrected chi connectivity index (χ4v) is 1.55. The first-order valence-corrected chi connectivity index (χ1v) is 5.21. The van der Waals surface area contributed by atoms with Crippen LogP contribution < -0.4 is 10.5 Å². The van der Waals surface area contributed by atoms with Gasteiger partial charge < -0.3 is 10.5 Å². The highest BCUT2D eigenvalue weighted by atomic mass is 16.5. The number of ether oxygens (including phenoxy) is 1. The largest absolute Gasteiger partial charge is 0.497 e. The molecule has 0 amide bonds. The maximum Gasteiger partial charge on any atom is 0.121 e. The van der Waals surface area contributed by atoms with Gasteiger partial charge in [-0.15, -0.1) is 0 Å². The molecule has 2 N–H and O–H groups in total. The van der Waals surface area contributed by atoms with Crippen LogP contribution in [0.5, 0.6) is 5.75 Å². The van der Waals surface area contributed by atoms with E-state index >= 15 is 0 Å². The average Bonchev–Trinajstić information content (AvgIpc) is 2.78. The van der Waals surface area contributed by atoms with Crippen LogP contribution in [-0.2, 0) is 6.42 Å². The minimum atomic E-state index is 0.643. The average molecular weight is 217 g/mol. The zero-order valence-corrected chi connectivity index (χ0v) is 9.26. The number of methoxy groups -OCH3 is 1. The van der Waals surface area contributed by atoms with Gasteiger partial charge >= 0.3 is 0 Å². The zero-order valence-electron chi connectivity index (χ0n) is 9.26. The standard InChI is InChI=1S/C12H15N3O/c1-16-12-4-2-3-11(7-12)15-9-10(5-6-13)8-14-15/h2-4,7-9H,5-6,13H2,1H3. The first kappa shape index (κ1) is 10.7. The Balaban J connectivity index is 2.27. The van der Waals surface area contributed by atoms with Crippen molar-refractivity contribution in [2.75, 3.05) is 13.7 Å². The Kier molecular flexibility index (Phi) is 3.22. The summed E-state index contributed by atoms with van der Waals surface area (Å²) >= 11 is 0. The third-order valence-corrected chi connectivity index (χ3v) is 2.39. The molecule has 0 spiro atoms. The van der Waals surface area contributed by atoms with Gasteiger partial charge in [-0.25, -0.2) is 4.68 Å². The Morgan fingerprint density at radius 1 is 1.44 bits per heavy atom. The van der Waals surface area contributed by atoms with Crippen LogP contribution >= 0.6 is 0 Å². The molecule has 2 rings (SSSR count). The van der Waals surface area contributed by atoms with E-state index in [0.717, 1.165) is 23.4 Å². The van der Waals surface area contributed by atoms with Crippen molar-refractivity contribution < 1.29 is 4.74 Å². The minimum absolute atomic E-state index is 0.643. The number of nitrogens with zero attached hydrogens (tertiary/aromatic N) is 2. The number of benzene rings is 1. The third kappa shape index (κ3) is 2.23. The van der Waals surface area contributed by atoms with Gasteiger partial charge in [0.1, 0.15) is 5.75 Å². The van der Waals surface area contributed by atoms with Gasteiger partial charge in [0.25, 0.3) is 0 Å². The fraction of sp³-hybridized carbons (Fsp3) is 0.250. The highest BCUT2D eigenvalue weighted by Gasteiger charge is 2.01. The van der Waals surface area contributed by atoms with Crippen LogP contribution in [0, 0.1) is 0 Å². The Labute approximate surface area is 94.6 Å². The third-order valence-electron chi connectivity index (χ3n) is 2.39. The lowest BCUT2D eigenvalue weighted by atomic mass is 10.2. The van der Waals surface area contributed by atoms with Gasteiger partial charge in [-0.2, -0.15) is 5.10 Å². The Morgan fingerprint density at radius 2 is 2.31 bits per heavy atom. The Hall–Kier alpha value is -1.81. The summed E-state index contributed by atoms with van der Waals surface area (Å²) in [5.74, 6) is 0.827. The number of rotatable bonds is 4. The molecule has 0 saturated carbocycles. The summed E-state index contributed by atoms with van der Waals surface area (Å²) in [5, 5.41) is 4.29. The number of hydrogen-bond donors (Lipinski definition) is 1. The first-order valence-electron chi connectivity index (χ1n) is 5.21. The summed E-state index contributed by atoms with van der Waals surface area (Å²) < 4.78 is 7.00. The summed E-state index contributed by atoms with van der Waals surface area (Å²) in [6.45, 7) is 0.643. The molecule has 16 heavy (non-hydrogen) atoms. The summed E-state index contributed by atoms with van der Waals surface area (Å²) in [7, 11) is 1.65. The quantitative estimate of drug-likeness (QED) is 0.841.